The van der Waals surface area contributed by atoms with Gasteiger partial charge in [-0.2, -0.15) is 0 Å². The van der Waals surface area contributed by atoms with E-state index in [-0.39, 0.29) is 5.91 Å². The Hall–Kier alpha value is -4.39. The molecule has 0 atom stereocenters. The van der Waals surface area contributed by atoms with Crippen molar-refractivity contribution in [3.63, 3.8) is 0 Å². The number of nitrogens with zero attached hydrogens (tertiary/aromatic N) is 2. The van der Waals surface area contributed by atoms with Crippen LogP contribution < -0.4 is 9.64 Å². The average Bonchev–Trinajstić information content (AvgIpc) is 3.38. The minimum Gasteiger partial charge on any atom is -0.487 e. The van der Waals surface area contributed by atoms with Crippen molar-refractivity contribution in [2.24, 2.45) is 4.99 Å². The average molecular weight is 688 g/mol. The molecule has 0 N–H and O–H groups in total. The van der Waals surface area contributed by atoms with E-state index in [1.165, 1.54) is 33.7 Å². The van der Waals surface area contributed by atoms with Gasteiger partial charge in [0.25, 0.3) is 5.91 Å². The highest BCUT2D eigenvalue weighted by Gasteiger charge is 2.35. The molecule has 6 rings (SSSR count). The highest BCUT2D eigenvalue weighted by Crippen LogP contribution is 2.39. The van der Waals surface area contributed by atoms with Gasteiger partial charge in [0.15, 0.2) is 5.17 Å². The van der Waals surface area contributed by atoms with Gasteiger partial charge >= 0.3 is 0 Å². The number of benzene rings is 5. The number of fused-ring (bicyclic) bond motifs is 1. The summed E-state index contributed by atoms with van der Waals surface area (Å²) in [5.74, 6) is 0.673. The monoisotopic (exact) mass is 686 g/mol. The first-order valence-electron chi connectivity index (χ1n) is 15.5. The van der Waals surface area contributed by atoms with Crippen molar-refractivity contribution in [2.75, 3.05) is 4.90 Å². The molecular weight excluding hydrogens is 652 g/mol. The lowest BCUT2D eigenvalue weighted by Crippen LogP contribution is -2.28. The minimum atomic E-state index is -0.101. The molecule has 0 aliphatic carbocycles. The Morgan fingerprint density at radius 1 is 0.848 bits per heavy atom. The summed E-state index contributed by atoms with van der Waals surface area (Å²) in [6.45, 7) is 8.67. The highest BCUT2D eigenvalue weighted by atomic mass is 79.9. The highest BCUT2D eigenvalue weighted by molar-refractivity contribution is 9.10. The van der Waals surface area contributed by atoms with Crippen LogP contribution in [-0.4, -0.2) is 11.1 Å². The zero-order valence-electron chi connectivity index (χ0n) is 26.0. The second-order valence-electron chi connectivity index (χ2n) is 11.1. The lowest BCUT2D eigenvalue weighted by molar-refractivity contribution is -0.113. The number of amides is 1. The maximum Gasteiger partial charge on any atom is 0.271 e. The number of carbonyl (C=O) groups is 1. The van der Waals surface area contributed by atoms with Gasteiger partial charge in [-0.1, -0.05) is 80.6 Å². The largest absolute Gasteiger partial charge is 0.487 e. The zero-order valence-corrected chi connectivity index (χ0v) is 28.4. The molecule has 0 aromatic heterocycles. The first kappa shape index (κ1) is 31.6. The summed E-state index contributed by atoms with van der Waals surface area (Å²) in [5, 5.41) is 3.02. The number of allylic oxidation sites excluding steroid dienone is 1. The Labute approximate surface area is 283 Å². The third kappa shape index (κ3) is 7.04. The van der Waals surface area contributed by atoms with Crippen molar-refractivity contribution in [1.82, 2.24) is 0 Å². The molecule has 6 heteroatoms. The first-order chi connectivity index (χ1) is 22.4. The van der Waals surface area contributed by atoms with Crippen LogP contribution in [0.1, 0.15) is 41.7 Å². The molecule has 1 amide bonds. The molecule has 46 heavy (non-hydrogen) atoms. The molecule has 1 aliphatic rings. The Morgan fingerprint density at radius 2 is 1.52 bits per heavy atom. The van der Waals surface area contributed by atoms with E-state index in [9.17, 15) is 4.79 Å². The topological polar surface area (TPSA) is 41.9 Å². The van der Waals surface area contributed by atoms with Crippen LogP contribution in [0.15, 0.2) is 130 Å². The molecule has 0 radical (unpaired) electrons. The smallest absolute Gasteiger partial charge is 0.271 e. The predicted octanol–water partition coefficient (Wildman–Crippen LogP) is 10.8. The number of halogens is 1. The lowest BCUT2D eigenvalue weighted by atomic mass is 10.1. The number of carbonyl (C=O) groups excluding carboxylic acids is 1. The van der Waals surface area contributed by atoms with Gasteiger partial charge in [0, 0.05) is 0 Å². The number of hydrogen-bond donors (Lipinski definition) is 0. The van der Waals surface area contributed by atoms with Gasteiger partial charge in [-0.05, 0) is 134 Å². The molecule has 0 unspecified atom stereocenters. The summed E-state index contributed by atoms with van der Waals surface area (Å²) in [4.78, 5) is 21.2. The van der Waals surface area contributed by atoms with Crippen molar-refractivity contribution in [3.05, 3.63) is 153 Å². The fourth-order valence-corrected chi connectivity index (χ4v) is 7.07. The molecule has 0 saturated carbocycles. The fraction of sp³-hybridized carbons (Fsp3) is 0.150. The zero-order chi connectivity index (χ0) is 32.0. The number of thioether (sulfide) groups is 1. The molecule has 1 heterocycles. The standard InChI is InChI=1S/C40H35BrN2O2S/c1-4-9-33-23-30(24-36(41)38(33)45-26-29-12-17-31-10-7-8-11-32(31)22-29)25-37-39(44)43(35-20-15-28(6-3)16-21-35)40(46-37)42-34-18-13-27(5-2)14-19-34/h4,7-8,10-25H,1,5-6,9,26H2,2-3H3/b37-25-,42-40?. The lowest BCUT2D eigenvalue weighted by Gasteiger charge is -2.16. The Kier molecular flexibility index (Phi) is 9.86. The van der Waals surface area contributed by atoms with E-state index in [1.807, 2.05) is 54.6 Å². The van der Waals surface area contributed by atoms with E-state index in [1.54, 1.807) is 4.90 Å². The molecule has 4 nitrogen and oxygen atoms in total. The van der Waals surface area contributed by atoms with Crippen LogP contribution in [0.2, 0.25) is 0 Å². The Bertz CT molecular complexity index is 1960. The van der Waals surface area contributed by atoms with Gasteiger partial charge in [-0.3, -0.25) is 9.69 Å². The number of aryl methyl sites for hydroxylation is 2. The van der Waals surface area contributed by atoms with E-state index >= 15 is 0 Å². The van der Waals surface area contributed by atoms with Crippen LogP contribution in [0.3, 0.4) is 0 Å². The van der Waals surface area contributed by atoms with Crippen molar-refractivity contribution in [2.45, 2.75) is 39.7 Å². The van der Waals surface area contributed by atoms with Crippen LogP contribution in [0.4, 0.5) is 11.4 Å². The van der Waals surface area contributed by atoms with Gasteiger partial charge in [0.2, 0.25) is 0 Å². The van der Waals surface area contributed by atoms with Gasteiger partial charge in [-0.15, -0.1) is 6.58 Å². The van der Waals surface area contributed by atoms with Gasteiger partial charge in [0.05, 0.1) is 20.8 Å². The van der Waals surface area contributed by atoms with E-state index in [0.29, 0.717) is 23.1 Å². The maximum absolute atomic E-state index is 14.0. The van der Waals surface area contributed by atoms with E-state index in [2.05, 4.69) is 97.0 Å². The maximum atomic E-state index is 14.0. The van der Waals surface area contributed by atoms with E-state index < -0.39 is 0 Å². The van der Waals surface area contributed by atoms with Gasteiger partial charge < -0.3 is 4.74 Å². The normalized spacial score (nSPS) is 14.8. The van der Waals surface area contributed by atoms with E-state index in [0.717, 1.165) is 51.1 Å². The number of ether oxygens (including phenoxy) is 1. The first-order valence-corrected chi connectivity index (χ1v) is 17.1. The van der Waals surface area contributed by atoms with Crippen molar-refractivity contribution >= 4 is 67.0 Å². The second kappa shape index (κ2) is 14.4. The molecular formula is C40H35BrN2O2S. The third-order valence-corrected chi connectivity index (χ3v) is 9.54. The van der Waals surface area contributed by atoms with Crippen LogP contribution in [0.25, 0.3) is 16.8 Å². The Morgan fingerprint density at radius 3 is 2.22 bits per heavy atom. The molecule has 0 spiro atoms. The van der Waals surface area contributed by atoms with Crippen molar-refractivity contribution in [3.8, 4) is 5.75 Å². The predicted molar refractivity (Wildman–Crippen MR) is 198 cm³/mol. The van der Waals surface area contributed by atoms with Crippen LogP contribution in [0.5, 0.6) is 5.75 Å². The van der Waals surface area contributed by atoms with Gasteiger partial charge in [0.1, 0.15) is 12.4 Å². The summed E-state index contributed by atoms with van der Waals surface area (Å²) in [7, 11) is 0. The minimum absolute atomic E-state index is 0.101. The fourth-order valence-electron chi connectivity index (χ4n) is 5.43. The molecule has 1 saturated heterocycles. The molecule has 230 valence electrons. The number of rotatable bonds is 10. The van der Waals surface area contributed by atoms with Crippen molar-refractivity contribution in [1.29, 1.82) is 0 Å². The summed E-state index contributed by atoms with van der Waals surface area (Å²) in [5.41, 5.74) is 7.06. The number of hydrogen-bond acceptors (Lipinski definition) is 4. The number of aliphatic imine (C=N–C) groups is 1. The second-order valence-corrected chi connectivity index (χ2v) is 13.0. The molecule has 5 aromatic rings. The Balaban J connectivity index is 1.31. The third-order valence-electron chi connectivity index (χ3n) is 7.98. The molecule has 1 aliphatic heterocycles. The quantitative estimate of drug-likeness (QED) is 0.108. The van der Waals surface area contributed by atoms with Crippen LogP contribution >= 0.6 is 27.7 Å². The summed E-state index contributed by atoms with van der Waals surface area (Å²) in [6.07, 6.45) is 6.33. The summed E-state index contributed by atoms with van der Waals surface area (Å²) >= 11 is 5.15. The molecule has 0 bridgehead atoms. The van der Waals surface area contributed by atoms with Crippen LogP contribution in [0, 0.1) is 0 Å². The molecule has 5 aromatic carbocycles. The van der Waals surface area contributed by atoms with E-state index in [4.69, 9.17) is 9.73 Å². The van der Waals surface area contributed by atoms with Crippen molar-refractivity contribution < 1.29 is 9.53 Å². The summed E-state index contributed by atoms with van der Waals surface area (Å²) < 4.78 is 7.21. The molecule has 1 fully saturated rings. The SMILES string of the molecule is C=CCc1cc(/C=C2\SC(=Nc3ccc(CC)cc3)N(c3ccc(CC)cc3)C2=O)cc(Br)c1OCc1ccc2ccccc2c1. The van der Waals surface area contributed by atoms with Crippen LogP contribution in [-0.2, 0) is 30.7 Å². The number of anilines is 1. The summed E-state index contributed by atoms with van der Waals surface area (Å²) in [6, 6.07) is 35.1. The number of amidine groups is 1. The van der Waals surface area contributed by atoms with Gasteiger partial charge in [-0.25, -0.2) is 4.99 Å².